The zero-order chi connectivity index (χ0) is 18.7. The Morgan fingerprint density at radius 1 is 1.27 bits per heavy atom. The third kappa shape index (κ3) is 3.86. The number of hydrogen-bond acceptors (Lipinski definition) is 5. The highest BCUT2D eigenvalue weighted by atomic mass is 35.5. The molecule has 26 heavy (non-hydrogen) atoms. The molecule has 3 aromatic rings. The lowest BCUT2D eigenvalue weighted by Crippen LogP contribution is -2.21. The molecule has 2 heterocycles. The molecule has 0 saturated heterocycles. The van der Waals surface area contributed by atoms with Crippen LogP contribution in [0.4, 0.5) is 10.2 Å². The summed E-state index contributed by atoms with van der Waals surface area (Å²) in [6.07, 6.45) is 1.66. The van der Waals surface area contributed by atoms with E-state index in [1.807, 2.05) is 14.1 Å². The highest BCUT2D eigenvalue weighted by molar-refractivity contribution is 6.30. The topological polar surface area (TPSA) is 50.3 Å². The van der Waals surface area contributed by atoms with Crippen molar-refractivity contribution in [3.8, 4) is 17.0 Å². The van der Waals surface area contributed by atoms with Crippen LogP contribution in [0.25, 0.3) is 22.0 Å². The van der Waals surface area contributed by atoms with E-state index < -0.39 is 5.82 Å². The number of fused-ring (bicyclic) bond motifs is 1. The number of anilines is 1. The van der Waals surface area contributed by atoms with Gasteiger partial charge in [0.2, 0.25) is 0 Å². The van der Waals surface area contributed by atoms with Gasteiger partial charge < -0.3 is 15.0 Å². The van der Waals surface area contributed by atoms with Gasteiger partial charge in [-0.25, -0.2) is 14.4 Å². The second kappa shape index (κ2) is 7.85. The maximum absolute atomic E-state index is 14.7. The van der Waals surface area contributed by atoms with Gasteiger partial charge in [-0.15, -0.1) is 0 Å². The van der Waals surface area contributed by atoms with Gasteiger partial charge in [-0.3, -0.25) is 0 Å². The van der Waals surface area contributed by atoms with E-state index in [0.29, 0.717) is 28.8 Å². The van der Waals surface area contributed by atoms with Crippen LogP contribution in [0, 0.1) is 5.82 Å². The summed E-state index contributed by atoms with van der Waals surface area (Å²) >= 11 is 6.05. The lowest BCUT2D eigenvalue weighted by molar-refractivity contribution is 0.387. The first-order valence-electron chi connectivity index (χ1n) is 8.17. The van der Waals surface area contributed by atoms with Gasteiger partial charge >= 0.3 is 0 Å². The van der Waals surface area contributed by atoms with Crippen LogP contribution in [0.2, 0.25) is 5.15 Å². The van der Waals surface area contributed by atoms with Crippen molar-refractivity contribution in [1.29, 1.82) is 0 Å². The average Bonchev–Trinajstić information content (AvgIpc) is 2.61. The van der Waals surface area contributed by atoms with Gasteiger partial charge in [-0.2, -0.15) is 0 Å². The molecule has 1 N–H and O–H groups in total. The first kappa shape index (κ1) is 18.4. The molecule has 0 amide bonds. The Kier molecular flexibility index (Phi) is 5.54. The van der Waals surface area contributed by atoms with E-state index in [-0.39, 0.29) is 5.75 Å². The molecule has 0 fully saturated rings. The van der Waals surface area contributed by atoms with Crippen LogP contribution in [0.15, 0.2) is 36.5 Å². The van der Waals surface area contributed by atoms with Gasteiger partial charge in [0.05, 0.1) is 12.8 Å². The van der Waals surface area contributed by atoms with Crippen molar-refractivity contribution in [3.05, 3.63) is 47.5 Å². The number of benzene rings is 1. The predicted octanol–water partition coefficient (Wildman–Crippen LogP) is 4.07. The fraction of sp³-hybridized carbons (Fsp3) is 0.263. The number of nitrogens with zero attached hydrogens (tertiary/aromatic N) is 3. The normalized spacial score (nSPS) is 11.2. The molecule has 1 aromatic carbocycles. The number of hydrogen-bond donors (Lipinski definition) is 1. The summed E-state index contributed by atoms with van der Waals surface area (Å²) in [4.78, 5) is 10.8. The van der Waals surface area contributed by atoms with Crippen molar-refractivity contribution in [2.24, 2.45) is 0 Å². The number of halogens is 2. The fourth-order valence-electron chi connectivity index (χ4n) is 2.66. The molecule has 0 aliphatic carbocycles. The summed E-state index contributed by atoms with van der Waals surface area (Å²) in [6, 6.07) is 8.56. The molecule has 0 aliphatic rings. The lowest BCUT2D eigenvalue weighted by Gasteiger charge is -2.15. The van der Waals surface area contributed by atoms with Crippen LogP contribution < -0.4 is 10.1 Å². The van der Waals surface area contributed by atoms with Crippen molar-refractivity contribution >= 4 is 28.2 Å². The molecule has 0 bridgehead atoms. The zero-order valence-corrected chi connectivity index (χ0v) is 15.6. The first-order valence-corrected chi connectivity index (χ1v) is 8.55. The molecule has 0 unspecified atom stereocenters. The molecule has 0 atom stereocenters. The summed E-state index contributed by atoms with van der Waals surface area (Å²) < 4.78 is 19.8. The summed E-state index contributed by atoms with van der Waals surface area (Å²) in [5.74, 6) is 0.384. The summed E-state index contributed by atoms with van der Waals surface area (Å²) in [6.45, 7) is 1.53. The number of nitrogens with one attached hydrogen (secondary N) is 1. The molecular formula is C19H20ClFN4O. The minimum absolute atomic E-state index is 0.181. The Bertz CT molecular complexity index is 933. The summed E-state index contributed by atoms with van der Waals surface area (Å²) in [5, 5.41) is 5.37. The van der Waals surface area contributed by atoms with E-state index >= 15 is 0 Å². The SMILES string of the molecule is COc1cccc(-c2cc3cnc(Cl)cc3c(NCCN(C)C)n2)c1F. The molecule has 5 nitrogen and oxygen atoms in total. The fourth-order valence-corrected chi connectivity index (χ4v) is 2.82. The van der Waals surface area contributed by atoms with Crippen LogP contribution in [-0.4, -0.2) is 49.2 Å². The van der Waals surface area contributed by atoms with Crippen molar-refractivity contribution in [2.75, 3.05) is 39.6 Å². The number of pyridine rings is 2. The second-order valence-electron chi connectivity index (χ2n) is 6.14. The van der Waals surface area contributed by atoms with E-state index in [0.717, 1.165) is 17.3 Å². The van der Waals surface area contributed by atoms with Crippen LogP contribution in [0.5, 0.6) is 5.75 Å². The van der Waals surface area contributed by atoms with Crippen LogP contribution in [-0.2, 0) is 0 Å². The van der Waals surface area contributed by atoms with E-state index in [1.54, 1.807) is 36.5 Å². The lowest BCUT2D eigenvalue weighted by atomic mass is 10.1. The molecular weight excluding hydrogens is 355 g/mol. The van der Waals surface area contributed by atoms with Gasteiger partial charge in [0, 0.05) is 35.6 Å². The Morgan fingerprint density at radius 3 is 2.81 bits per heavy atom. The van der Waals surface area contributed by atoms with Crippen LogP contribution in [0.1, 0.15) is 0 Å². The standard InChI is InChI=1S/C19H20ClFN4O/c1-25(2)8-7-22-19-14-10-17(20)23-11-12(14)9-15(24-19)13-5-4-6-16(26-3)18(13)21/h4-6,9-11H,7-8H2,1-3H3,(H,22,24). The summed E-state index contributed by atoms with van der Waals surface area (Å²) in [7, 11) is 5.43. The van der Waals surface area contributed by atoms with Gasteiger partial charge in [0.1, 0.15) is 11.0 Å². The monoisotopic (exact) mass is 374 g/mol. The third-order valence-electron chi connectivity index (χ3n) is 3.99. The highest BCUT2D eigenvalue weighted by Gasteiger charge is 2.15. The van der Waals surface area contributed by atoms with Crippen molar-refractivity contribution < 1.29 is 9.13 Å². The molecule has 0 saturated carbocycles. The Labute approximate surface area is 156 Å². The Morgan fingerprint density at radius 2 is 2.08 bits per heavy atom. The van der Waals surface area contributed by atoms with Crippen molar-refractivity contribution in [3.63, 3.8) is 0 Å². The van der Waals surface area contributed by atoms with Gasteiger partial charge in [-0.05, 0) is 38.4 Å². The minimum atomic E-state index is -0.442. The number of rotatable bonds is 6. The number of ether oxygens (including phenoxy) is 1. The van der Waals surface area contributed by atoms with Crippen molar-refractivity contribution in [1.82, 2.24) is 14.9 Å². The quantitative estimate of drug-likeness (QED) is 0.659. The number of methoxy groups -OCH3 is 1. The zero-order valence-electron chi connectivity index (χ0n) is 14.9. The van der Waals surface area contributed by atoms with E-state index in [1.165, 1.54) is 7.11 Å². The first-order chi connectivity index (χ1) is 12.5. The van der Waals surface area contributed by atoms with Crippen molar-refractivity contribution in [2.45, 2.75) is 0 Å². The van der Waals surface area contributed by atoms with E-state index in [2.05, 4.69) is 20.2 Å². The highest BCUT2D eigenvalue weighted by Crippen LogP contribution is 2.32. The predicted molar refractivity (Wildman–Crippen MR) is 104 cm³/mol. The van der Waals surface area contributed by atoms with E-state index in [4.69, 9.17) is 16.3 Å². The Balaban J connectivity index is 2.11. The number of aromatic nitrogens is 2. The molecule has 0 spiro atoms. The smallest absolute Gasteiger partial charge is 0.174 e. The molecule has 7 heteroatoms. The second-order valence-corrected chi connectivity index (χ2v) is 6.52. The van der Waals surface area contributed by atoms with E-state index in [9.17, 15) is 4.39 Å². The van der Waals surface area contributed by atoms with Crippen LogP contribution >= 0.6 is 11.6 Å². The average molecular weight is 375 g/mol. The third-order valence-corrected chi connectivity index (χ3v) is 4.20. The largest absolute Gasteiger partial charge is 0.494 e. The Hall–Kier alpha value is -2.44. The molecule has 0 radical (unpaired) electrons. The van der Waals surface area contributed by atoms with Gasteiger partial charge in [0.25, 0.3) is 0 Å². The maximum Gasteiger partial charge on any atom is 0.174 e. The maximum atomic E-state index is 14.7. The van der Waals surface area contributed by atoms with Crippen LogP contribution in [0.3, 0.4) is 0 Å². The summed E-state index contributed by atoms with van der Waals surface area (Å²) in [5.41, 5.74) is 0.877. The molecule has 136 valence electrons. The number of likely N-dealkylation sites (N-methyl/N-ethyl adjacent to an activating group) is 1. The molecule has 2 aromatic heterocycles. The van der Waals surface area contributed by atoms with Gasteiger partial charge in [-0.1, -0.05) is 17.7 Å². The van der Waals surface area contributed by atoms with Gasteiger partial charge in [0.15, 0.2) is 11.6 Å². The molecule has 3 rings (SSSR count). The minimum Gasteiger partial charge on any atom is -0.494 e. The molecule has 0 aliphatic heterocycles.